The largest absolute Gasteiger partial charge is 0.433 e. The Kier molecular flexibility index (Phi) is 3.10. The minimum Gasteiger partial charge on any atom is -0.395 e. The summed E-state index contributed by atoms with van der Waals surface area (Å²) < 4.78 is 4.87. The van der Waals surface area contributed by atoms with Crippen LogP contribution in [0, 0.1) is 10.1 Å². The molecule has 2 heterocycles. The molecule has 17 heavy (non-hydrogen) atoms. The molecule has 0 saturated carbocycles. The van der Waals surface area contributed by atoms with Crippen molar-refractivity contribution >= 4 is 11.8 Å². The number of nitrogens with two attached hydrogens (primary N) is 1. The molecular formula is C10H13N3O4. The summed E-state index contributed by atoms with van der Waals surface area (Å²) in [6, 6.07) is 2.64. The maximum atomic E-state index is 11.9. The minimum atomic E-state index is -0.664. The molecule has 1 fully saturated rings. The van der Waals surface area contributed by atoms with E-state index in [1.54, 1.807) is 4.90 Å². The van der Waals surface area contributed by atoms with E-state index in [2.05, 4.69) is 0 Å². The van der Waals surface area contributed by atoms with Gasteiger partial charge in [0, 0.05) is 19.1 Å². The lowest BCUT2D eigenvalue weighted by molar-refractivity contribution is -0.402. The summed E-state index contributed by atoms with van der Waals surface area (Å²) in [7, 11) is 0. The molecule has 2 rings (SSSR count). The smallest absolute Gasteiger partial charge is 0.395 e. The first-order valence-corrected chi connectivity index (χ1v) is 5.37. The fraction of sp³-hybridized carbons (Fsp3) is 0.500. The number of likely N-dealkylation sites (tertiary alicyclic amines) is 1. The van der Waals surface area contributed by atoms with E-state index >= 15 is 0 Å². The van der Waals surface area contributed by atoms with E-state index in [-0.39, 0.29) is 17.7 Å². The molecule has 7 nitrogen and oxygen atoms in total. The topological polar surface area (TPSA) is 103 Å². The highest BCUT2D eigenvalue weighted by molar-refractivity contribution is 5.91. The molecule has 1 aliphatic heterocycles. The van der Waals surface area contributed by atoms with Crippen molar-refractivity contribution in [2.24, 2.45) is 5.73 Å². The van der Waals surface area contributed by atoms with E-state index in [1.807, 2.05) is 0 Å². The first kappa shape index (κ1) is 11.6. The van der Waals surface area contributed by atoms with Crippen molar-refractivity contribution in [3.05, 3.63) is 28.0 Å². The summed E-state index contributed by atoms with van der Waals surface area (Å²) >= 11 is 0. The second-order valence-corrected chi connectivity index (χ2v) is 4.02. The molecule has 0 aliphatic carbocycles. The van der Waals surface area contributed by atoms with E-state index in [0.717, 1.165) is 12.8 Å². The Morgan fingerprint density at radius 1 is 1.47 bits per heavy atom. The van der Waals surface area contributed by atoms with Gasteiger partial charge in [0.1, 0.15) is 4.92 Å². The normalized spacial score (nSPS) is 17.1. The van der Waals surface area contributed by atoms with Crippen LogP contribution in [0.5, 0.6) is 0 Å². The highest BCUT2D eigenvalue weighted by atomic mass is 16.6. The zero-order chi connectivity index (χ0) is 12.4. The van der Waals surface area contributed by atoms with Crippen molar-refractivity contribution in [1.82, 2.24) is 4.90 Å². The van der Waals surface area contributed by atoms with Crippen molar-refractivity contribution in [3.63, 3.8) is 0 Å². The Bertz CT molecular complexity index is 435. The summed E-state index contributed by atoms with van der Waals surface area (Å²) in [6.45, 7) is 1.13. The van der Waals surface area contributed by atoms with Gasteiger partial charge in [0.25, 0.3) is 5.91 Å². The maximum Gasteiger partial charge on any atom is 0.433 e. The van der Waals surface area contributed by atoms with Gasteiger partial charge in [0.15, 0.2) is 5.76 Å². The highest BCUT2D eigenvalue weighted by Crippen LogP contribution is 2.19. The van der Waals surface area contributed by atoms with Crippen LogP contribution in [-0.2, 0) is 0 Å². The summed E-state index contributed by atoms with van der Waals surface area (Å²) in [4.78, 5) is 23.3. The van der Waals surface area contributed by atoms with Crippen molar-refractivity contribution < 1.29 is 14.1 Å². The lowest BCUT2D eigenvalue weighted by Gasteiger charge is -2.29. The average Bonchev–Trinajstić information content (AvgIpc) is 2.78. The number of carbonyl (C=O) groups excluding carboxylic acids is 1. The van der Waals surface area contributed by atoms with E-state index in [1.165, 1.54) is 12.1 Å². The molecule has 0 atom stereocenters. The summed E-state index contributed by atoms with van der Waals surface area (Å²) in [5, 5.41) is 10.4. The maximum absolute atomic E-state index is 11.9. The van der Waals surface area contributed by atoms with E-state index in [9.17, 15) is 14.9 Å². The van der Waals surface area contributed by atoms with Crippen LogP contribution < -0.4 is 5.73 Å². The molecule has 0 spiro atoms. The molecule has 1 saturated heterocycles. The van der Waals surface area contributed by atoms with Crippen LogP contribution in [0.25, 0.3) is 0 Å². The monoisotopic (exact) mass is 239 g/mol. The van der Waals surface area contributed by atoms with E-state index < -0.39 is 10.8 Å². The Hall–Kier alpha value is -1.89. The standard InChI is InChI=1S/C10H13N3O4/c11-7-3-5-12(6-4-7)10(14)8-1-2-9(17-8)13(15)16/h1-2,7H,3-6,11H2. The lowest BCUT2D eigenvalue weighted by atomic mass is 10.1. The molecule has 0 unspecified atom stereocenters. The number of rotatable bonds is 2. The van der Waals surface area contributed by atoms with Crippen LogP contribution in [0.4, 0.5) is 5.88 Å². The number of hydrogen-bond donors (Lipinski definition) is 1. The highest BCUT2D eigenvalue weighted by Gasteiger charge is 2.25. The van der Waals surface area contributed by atoms with Crippen LogP contribution in [-0.4, -0.2) is 34.9 Å². The van der Waals surface area contributed by atoms with Gasteiger partial charge in [0.2, 0.25) is 0 Å². The van der Waals surface area contributed by atoms with Crippen molar-refractivity contribution in [2.75, 3.05) is 13.1 Å². The number of amides is 1. The van der Waals surface area contributed by atoms with Crippen LogP contribution in [0.3, 0.4) is 0 Å². The Morgan fingerprint density at radius 3 is 2.65 bits per heavy atom. The van der Waals surface area contributed by atoms with Crippen molar-refractivity contribution in [2.45, 2.75) is 18.9 Å². The minimum absolute atomic E-state index is 0.00664. The van der Waals surface area contributed by atoms with Gasteiger partial charge in [-0.3, -0.25) is 14.9 Å². The summed E-state index contributed by atoms with van der Waals surface area (Å²) in [5.41, 5.74) is 5.73. The van der Waals surface area contributed by atoms with Gasteiger partial charge in [-0.1, -0.05) is 0 Å². The van der Waals surface area contributed by atoms with Crippen molar-refractivity contribution in [3.8, 4) is 0 Å². The third-order valence-corrected chi connectivity index (χ3v) is 2.81. The summed E-state index contributed by atoms with van der Waals surface area (Å²) in [6.07, 6.45) is 1.49. The predicted molar refractivity (Wildman–Crippen MR) is 58.5 cm³/mol. The van der Waals surface area contributed by atoms with Gasteiger partial charge in [-0.05, 0) is 18.9 Å². The Labute approximate surface area is 97.3 Å². The van der Waals surface area contributed by atoms with Crippen LogP contribution >= 0.6 is 0 Å². The predicted octanol–water partition coefficient (Wildman–Crippen LogP) is 0.751. The third kappa shape index (κ3) is 2.44. The van der Waals surface area contributed by atoms with Gasteiger partial charge in [-0.25, -0.2) is 0 Å². The SMILES string of the molecule is NC1CCN(C(=O)c2ccc([N+](=O)[O-])o2)CC1. The fourth-order valence-electron chi connectivity index (χ4n) is 1.80. The van der Waals surface area contributed by atoms with E-state index in [4.69, 9.17) is 10.2 Å². The number of nitrogens with zero attached hydrogens (tertiary/aromatic N) is 2. The Morgan fingerprint density at radius 2 is 2.12 bits per heavy atom. The quantitative estimate of drug-likeness (QED) is 0.606. The van der Waals surface area contributed by atoms with Gasteiger partial charge >= 0.3 is 5.88 Å². The molecule has 7 heteroatoms. The van der Waals surface area contributed by atoms with E-state index in [0.29, 0.717) is 13.1 Å². The number of piperidine rings is 1. The number of carbonyl (C=O) groups is 1. The van der Waals surface area contributed by atoms with Crippen molar-refractivity contribution in [1.29, 1.82) is 0 Å². The molecule has 0 aromatic carbocycles. The summed E-state index contributed by atoms with van der Waals surface area (Å²) in [5.74, 6) is -0.723. The second kappa shape index (κ2) is 4.54. The second-order valence-electron chi connectivity index (χ2n) is 4.02. The average molecular weight is 239 g/mol. The first-order chi connectivity index (χ1) is 8.08. The molecule has 1 amide bonds. The third-order valence-electron chi connectivity index (χ3n) is 2.81. The molecular weight excluding hydrogens is 226 g/mol. The molecule has 1 aromatic heterocycles. The number of nitro groups is 1. The molecule has 0 bridgehead atoms. The molecule has 1 aromatic rings. The molecule has 2 N–H and O–H groups in total. The van der Waals surface area contributed by atoms with Gasteiger partial charge in [-0.15, -0.1) is 0 Å². The molecule has 0 radical (unpaired) electrons. The Balaban J connectivity index is 2.06. The molecule has 1 aliphatic rings. The zero-order valence-corrected chi connectivity index (χ0v) is 9.17. The number of hydrogen-bond acceptors (Lipinski definition) is 5. The lowest BCUT2D eigenvalue weighted by Crippen LogP contribution is -2.42. The fourth-order valence-corrected chi connectivity index (χ4v) is 1.80. The van der Waals surface area contributed by atoms with Gasteiger partial charge in [0.05, 0.1) is 6.07 Å². The molecule has 92 valence electrons. The first-order valence-electron chi connectivity index (χ1n) is 5.37. The van der Waals surface area contributed by atoms with Crippen LogP contribution in [0.15, 0.2) is 16.5 Å². The number of furan rings is 1. The zero-order valence-electron chi connectivity index (χ0n) is 9.17. The van der Waals surface area contributed by atoms with Crippen LogP contribution in [0.2, 0.25) is 0 Å². The van der Waals surface area contributed by atoms with Gasteiger partial charge in [-0.2, -0.15) is 0 Å². The van der Waals surface area contributed by atoms with Crippen LogP contribution in [0.1, 0.15) is 23.4 Å². The van der Waals surface area contributed by atoms with Gasteiger partial charge < -0.3 is 15.1 Å².